The molecule has 1 aliphatic heterocycles. The van der Waals surface area contributed by atoms with E-state index in [1.807, 2.05) is 0 Å². The van der Waals surface area contributed by atoms with Crippen molar-refractivity contribution >= 4 is 5.91 Å². The summed E-state index contributed by atoms with van der Waals surface area (Å²) in [6.07, 6.45) is 30.5. The Hall–Kier alpha value is -1.33. The van der Waals surface area contributed by atoms with Crippen molar-refractivity contribution in [3.05, 3.63) is 24.3 Å². The third-order valence-electron chi connectivity index (χ3n) is 10.6. The van der Waals surface area contributed by atoms with Gasteiger partial charge in [-0.15, -0.1) is 0 Å². The highest BCUT2D eigenvalue weighted by atomic mass is 16.7. The van der Waals surface area contributed by atoms with Crippen molar-refractivity contribution < 1.29 is 39.8 Å². The van der Waals surface area contributed by atoms with E-state index in [0.29, 0.717) is 12.8 Å². The van der Waals surface area contributed by atoms with Gasteiger partial charge < -0.3 is 40.3 Å². The highest BCUT2D eigenvalue weighted by Gasteiger charge is 2.43. The Balaban J connectivity index is 2.38. The minimum atomic E-state index is -1.50. The molecule has 0 saturated carbocycles. The van der Waals surface area contributed by atoms with E-state index >= 15 is 0 Å². The fraction of sp³-hybridized carbons (Fsp3) is 0.886. The summed E-state index contributed by atoms with van der Waals surface area (Å²) in [5, 5.41) is 55.5. The Morgan fingerprint density at radius 2 is 1.11 bits per heavy atom. The van der Waals surface area contributed by atoms with Crippen LogP contribution in [0.4, 0.5) is 0 Å². The van der Waals surface area contributed by atoms with Crippen LogP contribution in [-0.4, -0.2) is 87.0 Å². The highest BCUT2D eigenvalue weighted by Crippen LogP contribution is 2.23. The first-order valence-electron chi connectivity index (χ1n) is 22.0. The summed E-state index contributed by atoms with van der Waals surface area (Å²) in [6.45, 7) is 5.81. The summed E-state index contributed by atoms with van der Waals surface area (Å²) >= 11 is 0. The molecule has 1 amide bonds. The van der Waals surface area contributed by atoms with E-state index < -0.39 is 49.0 Å². The van der Waals surface area contributed by atoms with Crippen LogP contribution in [0.5, 0.6) is 0 Å². The first kappa shape index (κ1) is 49.7. The number of amides is 1. The summed E-state index contributed by atoms with van der Waals surface area (Å²) < 4.78 is 11.3. The molecule has 312 valence electrons. The first-order valence-corrected chi connectivity index (χ1v) is 22.0. The van der Waals surface area contributed by atoms with Crippen molar-refractivity contribution in [2.45, 2.75) is 243 Å². The van der Waals surface area contributed by atoms with Gasteiger partial charge in [0.15, 0.2) is 6.29 Å². The molecule has 9 heteroatoms. The van der Waals surface area contributed by atoms with Gasteiger partial charge in [0, 0.05) is 6.42 Å². The number of ether oxygens (including phenoxy) is 2. The van der Waals surface area contributed by atoms with Crippen LogP contribution in [-0.2, 0) is 14.3 Å². The Morgan fingerprint density at radius 3 is 1.68 bits per heavy atom. The molecule has 0 aromatic carbocycles. The SMILES string of the molecule is CCCCC/C=C\C/C=C\CCCCCCCCCC(=O)N[C@@H](CO[C@@H]1O[C@@H](C)[C@@H](O)[C@H](O)[C@@H]1O)[C@H](O)[C@H](O)CCCCCCCCCCCCCC. The van der Waals surface area contributed by atoms with Crippen molar-refractivity contribution in [2.75, 3.05) is 6.61 Å². The third kappa shape index (κ3) is 25.5. The zero-order chi connectivity index (χ0) is 38.9. The van der Waals surface area contributed by atoms with Crippen LogP contribution in [0, 0.1) is 0 Å². The van der Waals surface area contributed by atoms with Gasteiger partial charge in [-0.1, -0.05) is 160 Å². The number of aliphatic hydroxyl groups is 5. The Bertz CT molecular complexity index is 901. The van der Waals surface area contributed by atoms with E-state index in [1.165, 1.54) is 103 Å². The number of rotatable bonds is 35. The smallest absolute Gasteiger partial charge is 0.220 e. The fourth-order valence-corrected chi connectivity index (χ4v) is 6.94. The van der Waals surface area contributed by atoms with E-state index in [4.69, 9.17) is 9.47 Å². The van der Waals surface area contributed by atoms with Crippen LogP contribution in [0.25, 0.3) is 0 Å². The van der Waals surface area contributed by atoms with Crippen LogP contribution in [0.1, 0.15) is 194 Å². The van der Waals surface area contributed by atoms with Gasteiger partial charge in [-0.3, -0.25) is 4.79 Å². The maximum atomic E-state index is 13.0. The van der Waals surface area contributed by atoms with Gasteiger partial charge in [0.1, 0.15) is 24.4 Å². The van der Waals surface area contributed by atoms with Gasteiger partial charge >= 0.3 is 0 Å². The molecular weight excluding hydrogens is 670 g/mol. The molecule has 1 fully saturated rings. The first-order chi connectivity index (χ1) is 25.7. The van der Waals surface area contributed by atoms with E-state index in [0.717, 1.165) is 57.8 Å². The molecule has 1 aliphatic rings. The molecule has 1 saturated heterocycles. The number of carbonyl (C=O) groups is 1. The molecule has 9 nitrogen and oxygen atoms in total. The van der Waals surface area contributed by atoms with Crippen LogP contribution in [0.2, 0.25) is 0 Å². The number of aliphatic hydroxyl groups excluding tert-OH is 5. The number of carbonyl (C=O) groups excluding carboxylic acids is 1. The van der Waals surface area contributed by atoms with Gasteiger partial charge in [-0.2, -0.15) is 0 Å². The molecule has 1 heterocycles. The van der Waals surface area contributed by atoms with Crippen LogP contribution >= 0.6 is 0 Å². The van der Waals surface area contributed by atoms with Gasteiger partial charge in [-0.25, -0.2) is 0 Å². The summed E-state index contributed by atoms with van der Waals surface area (Å²) in [6, 6.07) is -0.930. The topological polar surface area (TPSA) is 149 Å². The van der Waals surface area contributed by atoms with Crippen LogP contribution in [0.15, 0.2) is 24.3 Å². The van der Waals surface area contributed by atoms with E-state index in [9.17, 15) is 30.3 Å². The van der Waals surface area contributed by atoms with Crippen molar-refractivity contribution in [1.29, 1.82) is 0 Å². The van der Waals surface area contributed by atoms with Crippen molar-refractivity contribution in [2.24, 2.45) is 0 Å². The van der Waals surface area contributed by atoms with Gasteiger partial charge in [0.05, 0.1) is 24.9 Å². The summed E-state index contributed by atoms with van der Waals surface area (Å²) in [7, 11) is 0. The lowest BCUT2D eigenvalue weighted by Crippen LogP contribution is -2.58. The minimum absolute atomic E-state index is 0.230. The maximum Gasteiger partial charge on any atom is 0.220 e. The lowest BCUT2D eigenvalue weighted by atomic mass is 9.98. The normalized spacial score (nSPS) is 22.5. The second-order valence-corrected chi connectivity index (χ2v) is 15.6. The molecule has 0 unspecified atom stereocenters. The molecule has 0 bridgehead atoms. The molecule has 6 N–H and O–H groups in total. The van der Waals surface area contributed by atoms with Gasteiger partial charge in [0.25, 0.3) is 0 Å². The second-order valence-electron chi connectivity index (χ2n) is 15.6. The van der Waals surface area contributed by atoms with Crippen LogP contribution < -0.4 is 5.32 Å². The molecule has 0 radical (unpaired) electrons. The molecule has 0 aromatic rings. The summed E-state index contributed by atoms with van der Waals surface area (Å²) in [4.78, 5) is 13.0. The Kier molecular flexibility index (Phi) is 31.8. The van der Waals surface area contributed by atoms with Crippen molar-refractivity contribution in [3.8, 4) is 0 Å². The lowest BCUT2D eigenvalue weighted by molar-refractivity contribution is -0.295. The number of allylic oxidation sites excluding steroid dienone is 4. The number of hydrogen-bond donors (Lipinski definition) is 6. The summed E-state index contributed by atoms with van der Waals surface area (Å²) in [5.41, 5.74) is 0. The van der Waals surface area contributed by atoms with Crippen molar-refractivity contribution in [3.63, 3.8) is 0 Å². The molecule has 1 rings (SSSR count). The quantitative estimate of drug-likeness (QED) is 0.0278. The molecule has 53 heavy (non-hydrogen) atoms. The van der Waals surface area contributed by atoms with Gasteiger partial charge in [0.2, 0.25) is 5.91 Å². The van der Waals surface area contributed by atoms with E-state index in [1.54, 1.807) is 6.92 Å². The molecule has 0 aliphatic carbocycles. The predicted octanol–water partition coefficient (Wildman–Crippen LogP) is 8.72. The standard InChI is InChI=1S/C44H83NO8/c1-4-6-8-10-12-14-16-18-19-20-21-22-24-26-28-30-32-34-39(47)45-37(35-52-44-43(51)42(50)40(48)36(3)53-44)41(49)38(46)33-31-29-27-25-23-17-15-13-11-9-7-5-2/h12,14,18-19,36-38,40-44,46,48-51H,4-11,13,15-17,20-35H2,1-3H3,(H,45,47)/b14-12-,19-18-/t36-,37-,38+,40+,41-,42-,43-,44+/m0/s1. The highest BCUT2D eigenvalue weighted by molar-refractivity contribution is 5.76. The lowest BCUT2D eigenvalue weighted by Gasteiger charge is -2.39. The number of hydrogen-bond acceptors (Lipinski definition) is 8. The maximum absolute atomic E-state index is 13.0. The summed E-state index contributed by atoms with van der Waals surface area (Å²) in [5.74, 6) is -0.230. The Labute approximate surface area is 324 Å². The van der Waals surface area contributed by atoms with E-state index in [-0.39, 0.29) is 12.5 Å². The molecule has 0 aromatic heterocycles. The van der Waals surface area contributed by atoms with Crippen LogP contribution in [0.3, 0.4) is 0 Å². The molecule has 8 atom stereocenters. The third-order valence-corrected chi connectivity index (χ3v) is 10.6. The minimum Gasteiger partial charge on any atom is -0.390 e. The zero-order valence-electron chi connectivity index (χ0n) is 34.2. The van der Waals surface area contributed by atoms with Crippen molar-refractivity contribution in [1.82, 2.24) is 5.32 Å². The Morgan fingerprint density at radius 1 is 0.642 bits per heavy atom. The zero-order valence-corrected chi connectivity index (χ0v) is 34.2. The number of nitrogens with one attached hydrogen (secondary N) is 1. The predicted molar refractivity (Wildman–Crippen MR) is 217 cm³/mol. The second kappa shape index (κ2) is 34.0. The largest absolute Gasteiger partial charge is 0.390 e. The molecular formula is C44H83NO8. The monoisotopic (exact) mass is 754 g/mol. The van der Waals surface area contributed by atoms with E-state index in [2.05, 4.69) is 43.5 Å². The number of unbranched alkanes of at least 4 members (excludes halogenated alkanes) is 21. The average Bonchev–Trinajstić information content (AvgIpc) is 3.15. The fourth-order valence-electron chi connectivity index (χ4n) is 6.94. The molecule has 0 spiro atoms. The average molecular weight is 754 g/mol. The van der Waals surface area contributed by atoms with Gasteiger partial charge in [-0.05, 0) is 51.9 Å².